The minimum Gasteiger partial charge on any atom is -0.349 e. The average Bonchev–Trinajstić information content (AvgIpc) is 3.09. The fourth-order valence-electron chi connectivity index (χ4n) is 4.09. The molecule has 0 amide bonds. The molecule has 1 saturated heterocycles. The van der Waals surface area contributed by atoms with Gasteiger partial charge in [-0.1, -0.05) is 51.1 Å². The maximum absolute atomic E-state index is 4.53. The fourth-order valence-corrected chi connectivity index (χ4v) is 4.09. The number of hydrogen-bond acceptors (Lipinski definition) is 2. The van der Waals surface area contributed by atoms with Crippen molar-refractivity contribution in [1.29, 1.82) is 0 Å². The minimum absolute atomic E-state index is 0. The Morgan fingerprint density at radius 1 is 1.29 bits per heavy atom. The quantitative estimate of drug-likeness (QED) is 0.381. The number of nitrogens with one attached hydrogen (secondary N) is 1. The number of rotatable bonds is 5. The van der Waals surface area contributed by atoms with Gasteiger partial charge in [0.25, 0.3) is 0 Å². The van der Waals surface area contributed by atoms with Gasteiger partial charge in [0.15, 0.2) is 5.96 Å². The Morgan fingerprint density at radius 3 is 2.68 bits per heavy atom. The average molecular weight is 495 g/mol. The minimum atomic E-state index is 0. The van der Waals surface area contributed by atoms with Crippen molar-refractivity contribution in [1.82, 2.24) is 19.8 Å². The molecule has 2 heterocycles. The molecule has 5 nitrogen and oxygen atoms in total. The van der Waals surface area contributed by atoms with Crippen LogP contribution < -0.4 is 5.32 Å². The van der Waals surface area contributed by atoms with E-state index >= 15 is 0 Å². The molecule has 0 saturated carbocycles. The number of imidazole rings is 1. The zero-order valence-electron chi connectivity index (χ0n) is 17.5. The van der Waals surface area contributed by atoms with Gasteiger partial charge in [-0.25, -0.2) is 4.98 Å². The lowest BCUT2D eigenvalue weighted by Gasteiger charge is -2.38. The highest BCUT2D eigenvalue weighted by molar-refractivity contribution is 14.0. The Hall–Kier alpha value is -1.57. The van der Waals surface area contributed by atoms with Crippen molar-refractivity contribution in [3.63, 3.8) is 0 Å². The van der Waals surface area contributed by atoms with Crippen LogP contribution in [0.25, 0.3) is 0 Å². The lowest BCUT2D eigenvalue weighted by atomic mass is 9.82. The highest BCUT2D eigenvalue weighted by atomic mass is 127. The Balaban J connectivity index is 0.00000280. The molecule has 6 heteroatoms. The van der Waals surface area contributed by atoms with Crippen molar-refractivity contribution < 1.29 is 0 Å². The van der Waals surface area contributed by atoms with Gasteiger partial charge in [-0.3, -0.25) is 4.99 Å². The van der Waals surface area contributed by atoms with Crippen molar-refractivity contribution in [2.24, 2.45) is 16.8 Å². The zero-order valence-corrected chi connectivity index (χ0v) is 19.8. The van der Waals surface area contributed by atoms with Crippen LogP contribution >= 0.6 is 24.0 Å². The first-order valence-corrected chi connectivity index (χ1v) is 10.1. The second-order valence-electron chi connectivity index (χ2n) is 8.02. The molecule has 1 aliphatic rings. The second kappa shape index (κ2) is 10.8. The number of likely N-dealkylation sites (tertiary alicyclic amines) is 1. The molecule has 154 valence electrons. The number of aliphatic imine (C=N–C) groups is 1. The van der Waals surface area contributed by atoms with E-state index in [1.807, 2.05) is 13.2 Å². The molecular formula is C22H34IN5. The van der Waals surface area contributed by atoms with Crippen LogP contribution in [0.4, 0.5) is 0 Å². The van der Waals surface area contributed by atoms with Gasteiger partial charge in [-0.15, -0.1) is 24.0 Å². The Labute approximate surface area is 186 Å². The smallest absolute Gasteiger partial charge is 0.194 e. The van der Waals surface area contributed by atoms with Crippen LogP contribution in [-0.4, -0.2) is 40.5 Å². The van der Waals surface area contributed by atoms with E-state index in [2.05, 4.69) is 82.1 Å². The molecule has 0 spiro atoms. The molecule has 0 radical (unpaired) electrons. The van der Waals surface area contributed by atoms with Crippen LogP contribution in [0.5, 0.6) is 0 Å². The van der Waals surface area contributed by atoms with Crippen LogP contribution in [0.1, 0.15) is 44.5 Å². The van der Waals surface area contributed by atoms with Crippen molar-refractivity contribution in [3.05, 3.63) is 54.1 Å². The summed E-state index contributed by atoms with van der Waals surface area (Å²) >= 11 is 0. The largest absolute Gasteiger partial charge is 0.349 e. The topological polar surface area (TPSA) is 45.5 Å². The zero-order chi connectivity index (χ0) is 19.2. The number of benzene rings is 1. The maximum Gasteiger partial charge on any atom is 0.194 e. The number of aromatic nitrogens is 2. The third-order valence-corrected chi connectivity index (χ3v) is 5.41. The molecule has 1 aromatic heterocycles. The number of nitrogens with zero attached hydrogens (tertiary/aromatic N) is 4. The van der Waals surface area contributed by atoms with E-state index in [0.29, 0.717) is 24.3 Å². The normalized spacial score (nSPS) is 20.2. The van der Waals surface area contributed by atoms with E-state index < -0.39 is 0 Å². The summed E-state index contributed by atoms with van der Waals surface area (Å²) in [6, 6.07) is 10.9. The molecule has 2 atom stereocenters. The van der Waals surface area contributed by atoms with Gasteiger partial charge < -0.3 is 14.8 Å². The highest BCUT2D eigenvalue weighted by Gasteiger charge is 2.28. The second-order valence-corrected chi connectivity index (χ2v) is 8.02. The summed E-state index contributed by atoms with van der Waals surface area (Å²) in [5.41, 5.74) is 1.46. The lowest BCUT2D eigenvalue weighted by Crippen LogP contribution is -2.47. The van der Waals surface area contributed by atoms with Crippen LogP contribution in [0.15, 0.2) is 47.7 Å². The molecule has 2 unspecified atom stereocenters. The number of guanidine groups is 1. The predicted molar refractivity (Wildman–Crippen MR) is 127 cm³/mol. The first-order chi connectivity index (χ1) is 13.1. The van der Waals surface area contributed by atoms with E-state index in [0.717, 1.165) is 37.8 Å². The third-order valence-electron chi connectivity index (χ3n) is 5.41. The molecule has 0 bridgehead atoms. The summed E-state index contributed by atoms with van der Waals surface area (Å²) in [5.74, 6) is 3.88. The molecule has 1 aliphatic heterocycles. The lowest BCUT2D eigenvalue weighted by molar-refractivity contribution is 0.234. The van der Waals surface area contributed by atoms with Crippen LogP contribution in [-0.2, 0) is 13.1 Å². The molecule has 3 rings (SSSR count). The third kappa shape index (κ3) is 5.72. The van der Waals surface area contributed by atoms with Gasteiger partial charge in [-0.2, -0.15) is 0 Å². The number of piperidine rings is 1. The summed E-state index contributed by atoms with van der Waals surface area (Å²) in [5, 5.41) is 3.52. The molecule has 28 heavy (non-hydrogen) atoms. The summed E-state index contributed by atoms with van der Waals surface area (Å²) in [7, 11) is 1.87. The predicted octanol–water partition coefficient (Wildman–Crippen LogP) is 4.36. The summed E-state index contributed by atoms with van der Waals surface area (Å²) in [6.45, 7) is 10.6. The van der Waals surface area contributed by atoms with Gasteiger partial charge in [0.05, 0.1) is 6.54 Å². The highest BCUT2D eigenvalue weighted by Crippen LogP contribution is 2.32. The first-order valence-electron chi connectivity index (χ1n) is 10.1. The van der Waals surface area contributed by atoms with E-state index in [1.54, 1.807) is 0 Å². The van der Waals surface area contributed by atoms with Gasteiger partial charge in [0.1, 0.15) is 5.82 Å². The van der Waals surface area contributed by atoms with Gasteiger partial charge in [-0.05, 0) is 29.7 Å². The molecular weight excluding hydrogens is 461 g/mol. The summed E-state index contributed by atoms with van der Waals surface area (Å²) < 4.78 is 2.23. The number of halogens is 1. The molecule has 1 fully saturated rings. The summed E-state index contributed by atoms with van der Waals surface area (Å²) in [4.78, 5) is 11.4. The Bertz CT molecular complexity index is 740. The van der Waals surface area contributed by atoms with Crippen LogP contribution in [0.3, 0.4) is 0 Å². The van der Waals surface area contributed by atoms with Gasteiger partial charge in [0.2, 0.25) is 0 Å². The van der Waals surface area contributed by atoms with Crippen molar-refractivity contribution >= 4 is 29.9 Å². The van der Waals surface area contributed by atoms with E-state index in [4.69, 9.17) is 0 Å². The van der Waals surface area contributed by atoms with Crippen LogP contribution in [0, 0.1) is 11.8 Å². The fraction of sp³-hybridized carbons (Fsp3) is 0.545. The Morgan fingerprint density at radius 2 is 2.04 bits per heavy atom. The number of hydrogen-bond donors (Lipinski definition) is 1. The van der Waals surface area contributed by atoms with Crippen molar-refractivity contribution in [3.8, 4) is 0 Å². The van der Waals surface area contributed by atoms with Gasteiger partial charge >= 0.3 is 0 Å². The molecule has 1 N–H and O–H groups in total. The van der Waals surface area contributed by atoms with Crippen molar-refractivity contribution in [2.45, 2.75) is 46.2 Å². The first kappa shape index (κ1) is 22.7. The van der Waals surface area contributed by atoms with E-state index in [9.17, 15) is 0 Å². The van der Waals surface area contributed by atoms with E-state index in [-0.39, 0.29) is 24.0 Å². The molecule has 2 aromatic rings. The molecule has 0 aliphatic carbocycles. The summed E-state index contributed by atoms with van der Waals surface area (Å²) in [6.07, 6.45) is 5.11. The maximum atomic E-state index is 4.53. The SMILES string of the molecule is CN=C(NCc1nccn1CC(C)C)N1CCC(c2ccccc2)C(C)C1.I. The van der Waals surface area contributed by atoms with Crippen LogP contribution in [0.2, 0.25) is 0 Å². The van der Waals surface area contributed by atoms with Gasteiger partial charge in [0, 0.05) is 39.1 Å². The standard InChI is InChI=1S/C22H33N5.HI/c1-17(2)15-26-13-11-24-21(26)14-25-22(23-4)27-12-10-20(18(3)16-27)19-8-6-5-7-9-19;/h5-9,11,13,17-18,20H,10,12,14-16H2,1-4H3,(H,23,25);1H. The monoisotopic (exact) mass is 495 g/mol. The van der Waals surface area contributed by atoms with E-state index in [1.165, 1.54) is 5.56 Å². The Kier molecular flexibility index (Phi) is 8.79. The van der Waals surface area contributed by atoms with Crippen molar-refractivity contribution in [2.75, 3.05) is 20.1 Å². The molecule has 1 aromatic carbocycles.